The molecule has 0 aromatic heterocycles. The molecule has 76 valence electrons. The Labute approximate surface area is 86.1 Å². The van der Waals surface area contributed by atoms with Crippen LogP contribution in [-0.2, 0) is 0 Å². The second-order valence-electron chi connectivity index (χ2n) is 4.58. The Balaban J connectivity index is 2.66. The Kier molecular flexibility index (Phi) is 3.48. The van der Waals surface area contributed by atoms with Crippen molar-refractivity contribution in [2.24, 2.45) is 5.41 Å². The summed E-state index contributed by atoms with van der Waals surface area (Å²) in [5.41, 5.74) is 1.03. The van der Waals surface area contributed by atoms with E-state index in [1.54, 1.807) is 0 Å². The van der Waals surface area contributed by atoms with Gasteiger partial charge >= 0.3 is 0 Å². The van der Waals surface area contributed by atoms with Crippen molar-refractivity contribution in [3.05, 3.63) is 42.0 Å². The maximum absolute atomic E-state index is 9.76. The first-order valence-electron chi connectivity index (χ1n) is 4.91. The maximum atomic E-state index is 9.76. The van der Waals surface area contributed by atoms with Gasteiger partial charge in [-0.1, -0.05) is 63.3 Å². The molecule has 1 rings (SSSR count). The maximum Gasteiger partial charge on any atom is 0.0772 e. The van der Waals surface area contributed by atoms with Crippen molar-refractivity contribution in [1.82, 2.24) is 0 Å². The first-order valence-corrected chi connectivity index (χ1v) is 4.91. The normalized spacial score (nSPS) is 14.6. The van der Waals surface area contributed by atoms with Crippen LogP contribution in [0.25, 0.3) is 6.08 Å². The summed E-state index contributed by atoms with van der Waals surface area (Å²) >= 11 is 0. The molecule has 0 saturated heterocycles. The molecule has 0 aliphatic rings. The molecule has 1 aromatic carbocycles. The molecule has 0 heterocycles. The molecule has 1 nitrogen and oxygen atoms in total. The van der Waals surface area contributed by atoms with Crippen LogP contribution >= 0.6 is 0 Å². The third kappa shape index (κ3) is 3.35. The van der Waals surface area contributed by atoms with Crippen LogP contribution in [0.4, 0.5) is 0 Å². The van der Waals surface area contributed by atoms with Crippen molar-refractivity contribution in [3.63, 3.8) is 0 Å². The molecule has 0 amide bonds. The van der Waals surface area contributed by atoms with Crippen molar-refractivity contribution in [2.75, 3.05) is 0 Å². The lowest BCUT2D eigenvalue weighted by Gasteiger charge is -2.22. The van der Waals surface area contributed by atoms with Gasteiger partial charge in [-0.25, -0.2) is 0 Å². The summed E-state index contributed by atoms with van der Waals surface area (Å²) in [6, 6.07) is 10.0. The average Bonchev–Trinajstić information content (AvgIpc) is 2.14. The molecule has 0 aliphatic carbocycles. The van der Waals surface area contributed by atoms with Gasteiger partial charge in [-0.3, -0.25) is 0 Å². The quantitative estimate of drug-likeness (QED) is 0.759. The fourth-order valence-electron chi connectivity index (χ4n) is 1.06. The van der Waals surface area contributed by atoms with Gasteiger partial charge in [0.1, 0.15) is 0 Å². The molecule has 0 aliphatic heterocycles. The zero-order valence-corrected chi connectivity index (χ0v) is 9.07. The van der Waals surface area contributed by atoms with Crippen LogP contribution in [0, 0.1) is 5.41 Å². The monoisotopic (exact) mass is 190 g/mol. The van der Waals surface area contributed by atoms with Crippen molar-refractivity contribution < 1.29 is 5.11 Å². The minimum absolute atomic E-state index is 0.0920. The summed E-state index contributed by atoms with van der Waals surface area (Å²) in [4.78, 5) is 0. The molecule has 0 spiro atoms. The Morgan fingerprint density at radius 1 is 1.14 bits per heavy atom. The Bertz CT molecular complexity index is 293. The van der Waals surface area contributed by atoms with Gasteiger partial charge in [0.25, 0.3) is 0 Å². The highest BCUT2D eigenvalue weighted by Crippen LogP contribution is 2.20. The summed E-state index contributed by atoms with van der Waals surface area (Å²) in [7, 11) is 0. The van der Waals surface area contributed by atoms with Gasteiger partial charge in [-0.05, 0) is 11.0 Å². The molecule has 1 atom stereocenters. The SMILES string of the molecule is CC(C)(C)C(O)C=Cc1ccccc1. The summed E-state index contributed by atoms with van der Waals surface area (Å²) in [5.74, 6) is 0. The third-order valence-electron chi connectivity index (χ3n) is 2.16. The highest BCUT2D eigenvalue weighted by Gasteiger charge is 2.18. The van der Waals surface area contributed by atoms with Crippen LogP contribution in [0.3, 0.4) is 0 Å². The number of hydrogen-bond donors (Lipinski definition) is 1. The predicted molar refractivity (Wildman–Crippen MR) is 60.9 cm³/mol. The van der Waals surface area contributed by atoms with Crippen LogP contribution in [0.2, 0.25) is 0 Å². The van der Waals surface area contributed by atoms with Gasteiger partial charge < -0.3 is 5.11 Å². The van der Waals surface area contributed by atoms with E-state index in [9.17, 15) is 5.11 Å². The van der Waals surface area contributed by atoms with E-state index in [0.29, 0.717) is 0 Å². The Hall–Kier alpha value is -1.08. The molecule has 14 heavy (non-hydrogen) atoms. The minimum atomic E-state index is -0.400. The number of rotatable bonds is 2. The average molecular weight is 190 g/mol. The van der Waals surface area contributed by atoms with Crippen LogP contribution in [0.15, 0.2) is 36.4 Å². The zero-order chi connectivity index (χ0) is 10.6. The molecular weight excluding hydrogens is 172 g/mol. The summed E-state index contributed by atoms with van der Waals surface area (Å²) < 4.78 is 0. The lowest BCUT2D eigenvalue weighted by molar-refractivity contribution is 0.106. The van der Waals surface area contributed by atoms with Gasteiger partial charge in [0.05, 0.1) is 6.10 Å². The van der Waals surface area contributed by atoms with Gasteiger partial charge in [0.15, 0.2) is 0 Å². The second kappa shape index (κ2) is 4.43. The highest BCUT2D eigenvalue weighted by atomic mass is 16.3. The van der Waals surface area contributed by atoms with Crippen molar-refractivity contribution in [1.29, 1.82) is 0 Å². The summed E-state index contributed by atoms with van der Waals surface area (Å²) in [6.45, 7) is 6.06. The molecule has 1 N–H and O–H groups in total. The molecular formula is C13H18O. The lowest BCUT2D eigenvalue weighted by atomic mass is 9.89. The van der Waals surface area contributed by atoms with Gasteiger partial charge in [-0.2, -0.15) is 0 Å². The fourth-order valence-corrected chi connectivity index (χ4v) is 1.06. The number of benzene rings is 1. The number of hydrogen-bond acceptors (Lipinski definition) is 1. The lowest BCUT2D eigenvalue weighted by Crippen LogP contribution is -2.23. The van der Waals surface area contributed by atoms with Crippen molar-refractivity contribution >= 4 is 6.08 Å². The first-order chi connectivity index (χ1) is 6.50. The predicted octanol–water partition coefficient (Wildman–Crippen LogP) is 3.11. The van der Waals surface area contributed by atoms with E-state index in [1.165, 1.54) is 0 Å². The van der Waals surface area contributed by atoms with E-state index in [2.05, 4.69) is 0 Å². The largest absolute Gasteiger partial charge is 0.388 e. The van der Waals surface area contributed by atoms with Crippen LogP contribution in [0.5, 0.6) is 0 Å². The zero-order valence-electron chi connectivity index (χ0n) is 9.07. The van der Waals surface area contributed by atoms with E-state index in [-0.39, 0.29) is 5.41 Å². The minimum Gasteiger partial charge on any atom is -0.388 e. The molecule has 1 heteroatoms. The van der Waals surface area contributed by atoms with E-state index >= 15 is 0 Å². The molecule has 0 fully saturated rings. The second-order valence-corrected chi connectivity index (χ2v) is 4.58. The Morgan fingerprint density at radius 2 is 1.71 bits per heavy atom. The molecule has 1 unspecified atom stereocenters. The van der Waals surface area contributed by atoms with E-state index in [1.807, 2.05) is 63.3 Å². The topological polar surface area (TPSA) is 20.2 Å². The van der Waals surface area contributed by atoms with E-state index < -0.39 is 6.10 Å². The Morgan fingerprint density at radius 3 is 2.21 bits per heavy atom. The van der Waals surface area contributed by atoms with E-state index in [4.69, 9.17) is 0 Å². The fraction of sp³-hybridized carbons (Fsp3) is 0.385. The van der Waals surface area contributed by atoms with Crippen molar-refractivity contribution in [2.45, 2.75) is 26.9 Å². The number of aliphatic hydroxyl groups is 1. The van der Waals surface area contributed by atoms with Gasteiger partial charge in [0, 0.05) is 0 Å². The first kappa shape index (κ1) is 11.0. The molecule has 0 radical (unpaired) electrons. The molecule has 1 aromatic rings. The summed E-state index contributed by atoms with van der Waals surface area (Å²) in [5, 5.41) is 9.76. The molecule has 0 bridgehead atoms. The smallest absolute Gasteiger partial charge is 0.0772 e. The van der Waals surface area contributed by atoms with E-state index in [0.717, 1.165) is 5.56 Å². The third-order valence-corrected chi connectivity index (χ3v) is 2.16. The number of aliphatic hydroxyl groups excluding tert-OH is 1. The van der Waals surface area contributed by atoms with Gasteiger partial charge in [0.2, 0.25) is 0 Å². The van der Waals surface area contributed by atoms with Crippen LogP contribution in [-0.4, -0.2) is 11.2 Å². The van der Waals surface area contributed by atoms with Crippen molar-refractivity contribution in [3.8, 4) is 0 Å². The highest BCUT2D eigenvalue weighted by molar-refractivity contribution is 5.49. The standard InChI is InChI=1S/C13H18O/c1-13(2,3)12(14)10-9-11-7-5-4-6-8-11/h4-10,12,14H,1-3H3. The van der Waals surface area contributed by atoms with Crippen LogP contribution < -0.4 is 0 Å². The van der Waals surface area contributed by atoms with Gasteiger partial charge in [-0.15, -0.1) is 0 Å². The van der Waals surface area contributed by atoms with Crippen LogP contribution in [0.1, 0.15) is 26.3 Å². The summed E-state index contributed by atoms with van der Waals surface area (Å²) in [6.07, 6.45) is 3.40. The molecule has 0 saturated carbocycles.